The number of fused-ring (bicyclic) bond motifs is 4. The molecule has 3 aromatic carbocycles. The molecule has 1 aliphatic carbocycles. The van der Waals surface area contributed by atoms with Crippen LogP contribution in [0.3, 0.4) is 0 Å². The molecule has 1 fully saturated rings. The smallest absolute Gasteiger partial charge is 0.356 e. The van der Waals surface area contributed by atoms with Crippen LogP contribution in [0.25, 0.3) is 10.9 Å². The SMILES string of the molecule is CN(C)C1(c2cccc(F)c2)CCC2(CC1)c1[nH]c3ccccc3c1CCN2C(=O)c1c(F)cccc1C(F)(F)F. The third-order valence-electron chi connectivity index (χ3n) is 9.28. The second-order valence-electron chi connectivity index (χ2n) is 11.4. The van der Waals surface area contributed by atoms with Crippen molar-refractivity contribution >= 4 is 16.8 Å². The Morgan fingerprint density at radius 2 is 1.63 bits per heavy atom. The number of aromatic amines is 1. The van der Waals surface area contributed by atoms with Gasteiger partial charge < -0.3 is 9.88 Å². The number of carbonyl (C=O) groups excluding carboxylic acids is 1. The van der Waals surface area contributed by atoms with E-state index in [0.29, 0.717) is 32.1 Å². The highest BCUT2D eigenvalue weighted by Gasteiger charge is 2.54. The Morgan fingerprint density at radius 3 is 2.32 bits per heavy atom. The maximum absolute atomic E-state index is 15.1. The molecule has 1 aromatic heterocycles. The molecule has 1 N–H and O–H groups in total. The highest BCUT2D eigenvalue weighted by atomic mass is 19.4. The minimum atomic E-state index is -4.90. The Kier molecular flexibility index (Phi) is 6.48. The molecule has 0 bridgehead atoms. The van der Waals surface area contributed by atoms with E-state index < -0.39 is 40.1 Å². The zero-order valence-electron chi connectivity index (χ0n) is 22.8. The minimum Gasteiger partial charge on any atom is -0.356 e. The van der Waals surface area contributed by atoms with Gasteiger partial charge in [-0.2, -0.15) is 13.2 Å². The zero-order chi connectivity index (χ0) is 29.2. The molecule has 6 rings (SSSR count). The first-order valence-corrected chi connectivity index (χ1v) is 13.7. The van der Waals surface area contributed by atoms with Gasteiger partial charge in [-0.3, -0.25) is 9.69 Å². The fourth-order valence-corrected chi connectivity index (χ4v) is 7.21. The number of H-pyrrole nitrogens is 1. The third kappa shape index (κ3) is 4.24. The number of hydrogen-bond donors (Lipinski definition) is 1. The number of benzene rings is 3. The number of aromatic nitrogens is 1. The van der Waals surface area contributed by atoms with Crippen LogP contribution < -0.4 is 0 Å². The van der Waals surface area contributed by atoms with Gasteiger partial charge in [-0.25, -0.2) is 8.78 Å². The number of nitrogens with one attached hydrogen (secondary N) is 1. The van der Waals surface area contributed by atoms with Gasteiger partial charge in [0.15, 0.2) is 0 Å². The van der Waals surface area contributed by atoms with E-state index in [1.54, 1.807) is 6.07 Å². The lowest BCUT2D eigenvalue weighted by molar-refractivity contribution is -0.138. The molecule has 2 aliphatic rings. The summed E-state index contributed by atoms with van der Waals surface area (Å²) in [5.74, 6) is -2.51. The maximum atomic E-state index is 15.1. The van der Waals surface area contributed by atoms with Crippen molar-refractivity contribution in [3.63, 3.8) is 0 Å². The van der Waals surface area contributed by atoms with Crippen LogP contribution in [-0.4, -0.2) is 41.3 Å². The van der Waals surface area contributed by atoms with Gasteiger partial charge in [0, 0.05) is 28.7 Å². The fraction of sp³-hybridized carbons (Fsp3) is 0.344. The van der Waals surface area contributed by atoms with Crippen LogP contribution in [0.5, 0.6) is 0 Å². The second kappa shape index (κ2) is 9.69. The van der Waals surface area contributed by atoms with Crippen molar-refractivity contribution in [3.05, 3.63) is 106 Å². The Morgan fingerprint density at radius 1 is 0.927 bits per heavy atom. The predicted octanol–water partition coefficient (Wildman–Crippen LogP) is 7.39. The largest absolute Gasteiger partial charge is 0.417 e. The molecule has 1 amide bonds. The molecule has 0 atom stereocenters. The topological polar surface area (TPSA) is 39.3 Å². The van der Waals surface area contributed by atoms with Crippen LogP contribution in [0.1, 0.15) is 58.4 Å². The van der Waals surface area contributed by atoms with E-state index in [0.717, 1.165) is 45.9 Å². The van der Waals surface area contributed by atoms with E-state index >= 15 is 4.39 Å². The normalized spacial score (nSPS) is 22.9. The lowest BCUT2D eigenvalue weighted by atomic mass is 9.65. The summed E-state index contributed by atoms with van der Waals surface area (Å²) in [7, 11) is 3.85. The number of halogens is 5. The van der Waals surface area contributed by atoms with E-state index in [4.69, 9.17) is 0 Å². The molecule has 1 aliphatic heterocycles. The van der Waals surface area contributed by atoms with Crippen LogP contribution in [-0.2, 0) is 23.7 Å². The molecule has 1 spiro atoms. The summed E-state index contributed by atoms with van der Waals surface area (Å²) < 4.78 is 71.4. The molecule has 2 heterocycles. The Bertz CT molecular complexity index is 1630. The molecular formula is C32H30F5N3O. The van der Waals surface area contributed by atoms with Crippen LogP contribution in [0.2, 0.25) is 0 Å². The third-order valence-corrected chi connectivity index (χ3v) is 9.28. The summed E-state index contributed by atoms with van der Waals surface area (Å²) >= 11 is 0. The highest BCUT2D eigenvalue weighted by Crippen LogP contribution is 2.54. The molecule has 4 nitrogen and oxygen atoms in total. The van der Waals surface area contributed by atoms with Crippen molar-refractivity contribution in [1.29, 1.82) is 0 Å². The summed E-state index contributed by atoms with van der Waals surface area (Å²) in [5, 5.41) is 1.01. The molecule has 9 heteroatoms. The molecule has 214 valence electrons. The number of alkyl halides is 3. The fourth-order valence-electron chi connectivity index (χ4n) is 7.21. The Hall–Kier alpha value is -3.72. The average molecular weight is 568 g/mol. The van der Waals surface area contributed by atoms with Crippen LogP contribution in [0, 0.1) is 11.6 Å². The number of hydrogen-bond acceptors (Lipinski definition) is 2. The quantitative estimate of drug-likeness (QED) is 0.262. The first kappa shape index (κ1) is 27.4. The summed E-state index contributed by atoms with van der Waals surface area (Å²) in [4.78, 5) is 21.1. The average Bonchev–Trinajstić information content (AvgIpc) is 3.33. The van der Waals surface area contributed by atoms with Gasteiger partial charge in [-0.05, 0) is 87.7 Å². The molecule has 0 radical (unpaired) electrons. The molecule has 41 heavy (non-hydrogen) atoms. The van der Waals surface area contributed by atoms with E-state index in [-0.39, 0.29) is 12.4 Å². The van der Waals surface area contributed by atoms with Gasteiger partial charge in [-0.15, -0.1) is 0 Å². The van der Waals surface area contributed by atoms with Crippen molar-refractivity contribution in [2.45, 2.75) is 49.4 Å². The number of amides is 1. The van der Waals surface area contributed by atoms with Crippen molar-refractivity contribution < 1.29 is 26.7 Å². The molecular weight excluding hydrogens is 537 g/mol. The van der Waals surface area contributed by atoms with Crippen molar-refractivity contribution in [1.82, 2.24) is 14.8 Å². The molecule has 0 unspecified atom stereocenters. The molecule has 1 saturated carbocycles. The van der Waals surface area contributed by atoms with Crippen molar-refractivity contribution in [2.24, 2.45) is 0 Å². The number of rotatable bonds is 3. The minimum absolute atomic E-state index is 0.147. The first-order chi connectivity index (χ1) is 19.5. The van der Waals surface area contributed by atoms with Gasteiger partial charge in [0.05, 0.1) is 16.7 Å². The second-order valence-corrected chi connectivity index (χ2v) is 11.4. The molecule has 0 saturated heterocycles. The summed E-state index contributed by atoms with van der Waals surface area (Å²) in [5.41, 5.74) is -0.291. The lowest BCUT2D eigenvalue weighted by Gasteiger charge is -2.55. The number of carbonyl (C=O) groups is 1. The summed E-state index contributed by atoms with van der Waals surface area (Å²) in [6.45, 7) is 0.147. The van der Waals surface area contributed by atoms with Crippen molar-refractivity contribution in [2.75, 3.05) is 20.6 Å². The van der Waals surface area contributed by atoms with E-state index in [9.17, 15) is 22.4 Å². The van der Waals surface area contributed by atoms with E-state index in [2.05, 4.69) is 4.98 Å². The maximum Gasteiger partial charge on any atom is 0.417 e. The first-order valence-electron chi connectivity index (χ1n) is 13.7. The number of nitrogens with zero attached hydrogens (tertiary/aromatic N) is 2. The van der Waals surface area contributed by atoms with E-state index in [1.165, 1.54) is 17.0 Å². The summed E-state index contributed by atoms with van der Waals surface area (Å²) in [6.07, 6.45) is -2.68. The Labute approximate surface area is 234 Å². The van der Waals surface area contributed by atoms with E-state index in [1.807, 2.05) is 49.3 Å². The Balaban J connectivity index is 1.50. The zero-order valence-corrected chi connectivity index (χ0v) is 22.8. The monoisotopic (exact) mass is 567 g/mol. The predicted molar refractivity (Wildman–Crippen MR) is 146 cm³/mol. The van der Waals surface area contributed by atoms with Gasteiger partial charge in [0.25, 0.3) is 5.91 Å². The number of para-hydroxylation sites is 1. The van der Waals surface area contributed by atoms with Gasteiger partial charge in [0.1, 0.15) is 11.6 Å². The van der Waals surface area contributed by atoms with Crippen LogP contribution in [0.15, 0.2) is 66.7 Å². The van der Waals surface area contributed by atoms with Crippen LogP contribution >= 0.6 is 0 Å². The highest BCUT2D eigenvalue weighted by molar-refractivity contribution is 5.97. The standard InChI is InChI=1S/C32H30F5N3O/c1-39(2)30(20-7-5-8-21(33)19-20)14-16-31(17-15-30)28-23(22-9-3-4-12-26(22)38-28)13-18-40(31)29(41)27-24(32(35,36)37)10-6-11-25(27)34/h3-12,19,38H,13-18H2,1-2H3. The van der Waals surface area contributed by atoms with Gasteiger partial charge in [0.2, 0.25) is 0 Å². The van der Waals surface area contributed by atoms with Crippen LogP contribution in [0.4, 0.5) is 22.0 Å². The van der Waals surface area contributed by atoms with Gasteiger partial charge in [-0.1, -0.05) is 36.4 Å². The van der Waals surface area contributed by atoms with Gasteiger partial charge >= 0.3 is 6.18 Å². The van der Waals surface area contributed by atoms with Crippen molar-refractivity contribution in [3.8, 4) is 0 Å². The molecule has 4 aromatic rings. The summed E-state index contributed by atoms with van der Waals surface area (Å²) in [6, 6.07) is 16.8. The lowest BCUT2D eigenvalue weighted by Crippen LogP contribution is -2.58.